The number of halogens is 1. The largest absolute Gasteiger partial charge is 0.469 e. The van der Waals surface area contributed by atoms with Crippen LogP contribution in [-0.4, -0.2) is 50.3 Å². The van der Waals surface area contributed by atoms with Crippen molar-refractivity contribution in [3.8, 4) is 0 Å². The second-order valence-corrected chi connectivity index (χ2v) is 6.22. The van der Waals surface area contributed by atoms with E-state index in [4.69, 9.17) is 14.1 Å². The first-order valence-electron chi connectivity index (χ1n) is 8.43. The Balaban J connectivity index is 0.00000288. The van der Waals surface area contributed by atoms with Gasteiger partial charge in [0.05, 0.1) is 18.9 Å². The van der Waals surface area contributed by atoms with Gasteiger partial charge in [-0.3, -0.25) is 4.99 Å². The Bertz CT molecular complexity index is 496. The zero-order valence-electron chi connectivity index (χ0n) is 14.8. The molecule has 1 fully saturated rings. The molecule has 24 heavy (non-hydrogen) atoms. The lowest BCUT2D eigenvalue weighted by molar-refractivity contribution is 0.0223. The van der Waals surface area contributed by atoms with Gasteiger partial charge < -0.3 is 19.4 Å². The summed E-state index contributed by atoms with van der Waals surface area (Å²) in [5.74, 6) is 1.88. The lowest BCUT2D eigenvalue weighted by Crippen LogP contribution is -2.41. The van der Waals surface area contributed by atoms with Gasteiger partial charge in [0.2, 0.25) is 0 Å². The van der Waals surface area contributed by atoms with Gasteiger partial charge in [0.25, 0.3) is 0 Å². The van der Waals surface area contributed by atoms with Crippen molar-refractivity contribution >= 4 is 29.9 Å². The van der Waals surface area contributed by atoms with Gasteiger partial charge in [0.1, 0.15) is 5.76 Å². The summed E-state index contributed by atoms with van der Waals surface area (Å²) < 4.78 is 11.1. The SMILES string of the molecule is C=C(C)CN(C)C(=NCC1CCCCO1)NCCc1ccco1.I. The van der Waals surface area contributed by atoms with E-state index >= 15 is 0 Å². The van der Waals surface area contributed by atoms with Crippen molar-refractivity contribution in [1.29, 1.82) is 0 Å². The van der Waals surface area contributed by atoms with Gasteiger partial charge in [-0.1, -0.05) is 12.2 Å². The summed E-state index contributed by atoms with van der Waals surface area (Å²) in [6.45, 7) is 9.17. The molecule has 1 N–H and O–H groups in total. The molecule has 6 heteroatoms. The standard InChI is InChI=1S/C18H29N3O2.HI/c1-15(2)14-21(3)18(19-10-9-16-8-6-12-22-16)20-13-17-7-4-5-11-23-17;/h6,8,12,17H,1,4-5,7,9-11,13-14H2,2-3H3,(H,19,20);1H. The van der Waals surface area contributed by atoms with Gasteiger partial charge in [0.15, 0.2) is 5.96 Å². The van der Waals surface area contributed by atoms with E-state index in [1.165, 1.54) is 12.8 Å². The van der Waals surface area contributed by atoms with Crippen LogP contribution < -0.4 is 5.32 Å². The molecule has 1 aliphatic rings. The van der Waals surface area contributed by atoms with Gasteiger partial charge in [-0.15, -0.1) is 24.0 Å². The number of rotatable bonds is 7. The highest BCUT2D eigenvalue weighted by Gasteiger charge is 2.14. The quantitative estimate of drug-likeness (QED) is 0.301. The molecule has 1 aromatic heterocycles. The fraction of sp³-hybridized carbons (Fsp3) is 0.611. The van der Waals surface area contributed by atoms with Crippen LogP contribution in [0, 0.1) is 0 Å². The smallest absolute Gasteiger partial charge is 0.194 e. The number of furan rings is 1. The predicted octanol–water partition coefficient (Wildman–Crippen LogP) is 3.46. The average Bonchev–Trinajstić information content (AvgIpc) is 3.04. The molecule has 0 spiro atoms. The van der Waals surface area contributed by atoms with E-state index < -0.39 is 0 Å². The van der Waals surface area contributed by atoms with E-state index in [9.17, 15) is 0 Å². The van der Waals surface area contributed by atoms with Crippen LogP contribution in [0.1, 0.15) is 31.9 Å². The first-order valence-corrected chi connectivity index (χ1v) is 8.43. The fourth-order valence-electron chi connectivity index (χ4n) is 2.68. The predicted molar refractivity (Wildman–Crippen MR) is 109 cm³/mol. The van der Waals surface area contributed by atoms with Crippen molar-refractivity contribution in [3.63, 3.8) is 0 Å². The maximum atomic E-state index is 5.77. The molecule has 0 amide bonds. The molecule has 5 nitrogen and oxygen atoms in total. The molecule has 1 unspecified atom stereocenters. The molecule has 0 saturated carbocycles. The minimum absolute atomic E-state index is 0. The number of ether oxygens (including phenoxy) is 1. The highest BCUT2D eigenvalue weighted by Crippen LogP contribution is 2.12. The topological polar surface area (TPSA) is 50.0 Å². The van der Waals surface area contributed by atoms with E-state index in [1.54, 1.807) is 6.26 Å². The van der Waals surface area contributed by atoms with E-state index in [-0.39, 0.29) is 30.1 Å². The summed E-state index contributed by atoms with van der Waals surface area (Å²) in [7, 11) is 2.04. The lowest BCUT2D eigenvalue weighted by atomic mass is 10.1. The molecule has 2 heterocycles. The van der Waals surface area contributed by atoms with Crippen LogP contribution in [0.25, 0.3) is 0 Å². The van der Waals surface area contributed by atoms with Crippen LogP contribution >= 0.6 is 24.0 Å². The van der Waals surface area contributed by atoms with Crippen molar-refractivity contribution in [3.05, 3.63) is 36.3 Å². The highest BCUT2D eigenvalue weighted by molar-refractivity contribution is 14.0. The van der Waals surface area contributed by atoms with E-state index in [1.807, 2.05) is 26.1 Å². The van der Waals surface area contributed by atoms with Crippen LogP contribution in [0.2, 0.25) is 0 Å². The molecule has 1 saturated heterocycles. The van der Waals surface area contributed by atoms with Crippen LogP contribution in [0.15, 0.2) is 40.0 Å². The van der Waals surface area contributed by atoms with Crippen molar-refractivity contribution in [1.82, 2.24) is 10.2 Å². The summed E-state index contributed by atoms with van der Waals surface area (Å²) in [6, 6.07) is 3.91. The first-order chi connectivity index (χ1) is 11.1. The fourth-order valence-corrected chi connectivity index (χ4v) is 2.68. The molecule has 2 rings (SSSR count). The summed E-state index contributed by atoms with van der Waals surface area (Å²) >= 11 is 0. The molecular weight excluding hydrogens is 417 g/mol. The maximum absolute atomic E-state index is 5.77. The highest BCUT2D eigenvalue weighted by atomic mass is 127. The third-order valence-corrected chi connectivity index (χ3v) is 3.82. The Morgan fingerprint density at radius 3 is 2.92 bits per heavy atom. The zero-order valence-corrected chi connectivity index (χ0v) is 17.1. The Labute approximate surface area is 162 Å². The first kappa shape index (κ1) is 21.0. The summed E-state index contributed by atoms with van der Waals surface area (Å²) in [6.07, 6.45) is 6.31. The van der Waals surface area contributed by atoms with Gasteiger partial charge in [-0.05, 0) is 38.3 Å². The Hall–Kier alpha value is -1.02. The maximum Gasteiger partial charge on any atom is 0.194 e. The number of likely N-dealkylation sites (N-methyl/N-ethyl adjacent to an activating group) is 1. The molecule has 0 radical (unpaired) electrons. The van der Waals surface area contributed by atoms with Crippen LogP contribution in [-0.2, 0) is 11.2 Å². The normalized spacial score (nSPS) is 17.9. The number of guanidine groups is 1. The minimum Gasteiger partial charge on any atom is -0.469 e. The zero-order chi connectivity index (χ0) is 16.5. The Kier molecular flexibility index (Phi) is 10.1. The summed E-state index contributed by atoms with van der Waals surface area (Å²) in [5, 5.41) is 3.42. The molecule has 1 aliphatic heterocycles. The molecule has 1 aromatic rings. The van der Waals surface area contributed by atoms with Crippen molar-refractivity contribution in [2.45, 2.75) is 38.7 Å². The molecule has 0 bridgehead atoms. The van der Waals surface area contributed by atoms with Crippen molar-refractivity contribution < 1.29 is 9.15 Å². The Morgan fingerprint density at radius 2 is 2.29 bits per heavy atom. The van der Waals surface area contributed by atoms with E-state index in [2.05, 4.69) is 16.8 Å². The summed E-state index contributed by atoms with van der Waals surface area (Å²) in [4.78, 5) is 6.86. The van der Waals surface area contributed by atoms with Crippen LogP contribution in [0.3, 0.4) is 0 Å². The number of hydrogen-bond acceptors (Lipinski definition) is 3. The monoisotopic (exact) mass is 447 g/mol. The molecule has 136 valence electrons. The average molecular weight is 447 g/mol. The van der Waals surface area contributed by atoms with Gasteiger partial charge in [-0.25, -0.2) is 0 Å². The van der Waals surface area contributed by atoms with Crippen LogP contribution in [0.5, 0.6) is 0 Å². The number of nitrogens with one attached hydrogen (secondary N) is 1. The molecule has 1 atom stereocenters. The van der Waals surface area contributed by atoms with Gasteiger partial charge >= 0.3 is 0 Å². The number of aliphatic imine (C=N–C) groups is 1. The third kappa shape index (κ3) is 7.70. The molecular formula is C18H30IN3O2. The van der Waals surface area contributed by atoms with Crippen molar-refractivity contribution in [2.24, 2.45) is 4.99 Å². The molecule has 0 aromatic carbocycles. The lowest BCUT2D eigenvalue weighted by Gasteiger charge is -2.25. The second kappa shape index (κ2) is 11.5. The summed E-state index contributed by atoms with van der Waals surface area (Å²) in [5.41, 5.74) is 1.11. The third-order valence-electron chi connectivity index (χ3n) is 3.82. The van der Waals surface area contributed by atoms with E-state index in [0.717, 1.165) is 49.8 Å². The molecule has 0 aliphatic carbocycles. The van der Waals surface area contributed by atoms with Crippen LogP contribution in [0.4, 0.5) is 0 Å². The second-order valence-electron chi connectivity index (χ2n) is 6.22. The van der Waals surface area contributed by atoms with Gasteiger partial charge in [0, 0.05) is 33.2 Å². The van der Waals surface area contributed by atoms with Crippen molar-refractivity contribution in [2.75, 3.05) is 33.3 Å². The minimum atomic E-state index is 0. The van der Waals surface area contributed by atoms with E-state index in [0.29, 0.717) is 6.54 Å². The number of nitrogens with zero attached hydrogens (tertiary/aromatic N) is 2. The Morgan fingerprint density at radius 1 is 1.46 bits per heavy atom. The number of hydrogen-bond donors (Lipinski definition) is 1. The van der Waals surface area contributed by atoms with Gasteiger partial charge in [-0.2, -0.15) is 0 Å².